The van der Waals surface area contributed by atoms with E-state index in [2.05, 4.69) is 56.9 Å². The molecule has 0 fully saturated rings. The molecule has 0 aliphatic heterocycles. The molecule has 0 unspecified atom stereocenters. The van der Waals surface area contributed by atoms with E-state index in [4.69, 9.17) is 4.42 Å². The number of aromatic amines is 1. The van der Waals surface area contributed by atoms with Crippen molar-refractivity contribution in [1.82, 2.24) is 20.3 Å². The van der Waals surface area contributed by atoms with Crippen molar-refractivity contribution in [3.05, 3.63) is 70.3 Å². The zero-order chi connectivity index (χ0) is 21.8. The van der Waals surface area contributed by atoms with Crippen molar-refractivity contribution in [3.63, 3.8) is 0 Å². The second-order valence-electron chi connectivity index (χ2n) is 7.76. The van der Waals surface area contributed by atoms with E-state index in [1.54, 1.807) is 12.3 Å². The van der Waals surface area contributed by atoms with Gasteiger partial charge in [-0.2, -0.15) is 4.98 Å². The summed E-state index contributed by atoms with van der Waals surface area (Å²) in [5, 5.41) is 9.96. The summed E-state index contributed by atoms with van der Waals surface area (Å²) in [5.41, 5.74) is 5.03. The van der Waals surface area contributed by atoms with E-state index in [1.165, 1.54) is 5.56 Å². The van der Waals surface area contributed by atoms with Gasteiger partial charge in [0.1, 0.15) is 5.82 Å². The Morgan fingerprint density at radius 3 is 2.61 bits per heavy atom. The SMILES string of the molecule is Cc1cnc(Nc2ccc(CCNC(C)C)cc2)nc1Nc1ccc2oc(=O)[nH]c2c1. The first-order valence-electron chi connectivity index (χ1n) is 10.3. The standard InChI is InChI=1S/C23H26N6O2/c1-14(2)24-11-10-16-4-6-17(7-5-16)27-22-25-13-15(3)21(29-22)26-18-8-9-20-19(12-18)28-23(30)31-20/h4-9,12-14,24H,10-11H2,1-3H3,(H,28,30)(H2,25,26,27,29). The van der Waals surface area contributed by atoms with Crippen molar-refractivity contribution < 1.29 is 4.42 Å². The lowest BCUT2D eigenvalue weighted by molar-refractivity contribution is 0.555. The molecule has 0 atom stereocenters. The smallest absolute Gasteiger partial charge is 0.408 e. The van der Waals surface area contributed by atoms with E-state index < -0.39 is 5.76 Å². The normalized spacial score (nSPS) is 11.2. The predicted octanol–water partition coefficient (Wildman–Crippen LogP) is 4.25. The van der Waals surface area contributed by atoms with Gasteiger partial charge in [-0.25, -0.2) is 9.78 Å². The highest BCUT2D eigenvalue weighted by Crippen LogP contribution is 2.23. The number of fused-ring (bicyclic) bond motifs is 1. The first-order chi connectivity index (χ1) is 15.0. The van der Waals surface area contributed by atoms with Crippen LogP contribution < -0.4 is 21.7 Å². The van der Waals surface area contributed by atoms with E-state index in [9.17, 15) is 4.79 Å². The monoisotopic (exact) mass is 418 g/mol. The van der Waals surface area contributed by atoms with Crippen LogP contribution in [0.15, 0.2) is 57.9 Å². The summed E-state index contributed by atoms with van der Waals surface area (Å²) < 4.78 is 5.04. The lowest BCUT2D eigenvalue weighted by Crippen LogP contribution is -2.24. The summed E-state index contributed by atoms with van der Waals surface area (Å²) in [4.78, 5) is 23.0. The van der Waals surface area contributed by atoms with Crippen molar-refractivity contribution >= 4 is 34.2 Å². The summed E-state index contributed by atoms with van der Waals surface area (Å²) in [6, 6.07) is 14.2. The molecule has 2 heterocycles. The van der Waals surface area contributed by atoms with Crippen molar-refractivity contribution in [2.75, 3.05) is 17.2 Å². The van der Waals surface area contributed by atoms with Crippen LogP contribution in [0.5, 0.6) is 0 Å². The van der Waals surface area contributed by atoms with Crippen molar-refractivity contribution in [1.29, 1.82) is 0 Å². The van der Waals surface area contributed by atoms with E-state index in [0.717, 1.165) is 29.9 Å². The Hall–Kier alpha value is -3.65. The van der Waals surface area contributed by atoms with Crippen LogP contribution in [0.25, 0.3) is 11.1 Å². The number of benzene rings is 2. The van der Waals surface area contributed by atoms with Gasteiger partial charge in [0.2, 0.25) is 5.95 Å². The highest BCUT2D eigenvalue weighted by molar-refractivity contribution is 5.78. The summed E-state index contributed by atoms with van der Waals surface area (Å²) in [7, 11) is 0. The number of H-pyrrole nitrogens is 1. The average Bonchev–Trinajstić information content (AvgIpc) is 3.11. The maximum atomic E-state index is 11.4. The Labute approximate surface area is 180 Å². The lowest BCUT2D eigenvalue weighted by atomic mass is 10.1. The quantitative estimate of drug-likeness (QED) is 0.339. The minimum Gasteiger partial charge on any atom is -0.408 e. The van der Waals surface area contributed by atoms with Crippen LogP contribution in [0.2, 0.25) is 0 Å². The third kappa shape index (κ3) is 5.29. The van der Waals surface area contributed by atoms with Crippen LogP contribution >= 0.6 is 0 Å². The highest BCUT2D eigenvalue weighted by Gasteiger charge is 2.07. The van der Waals surface area contributed by atoms with Gasteiger partial charge in [0.15, 0.2) is 5.58 Å². The number of hydrogen-bond donors (Lipinski definition) is 4. The maximum absolute atomic E-state index is 11.4. The van der Waals surface area contributed by atoms with E-state index in [-0.39, 0.29) is 0 Å². The molecule has 4 aromatic rings. The summed E-state index contributed by atoms with van der Waals surface area (Å²) in [5.74, 6) is 0.707. The molecule has 0 bridgehead atoms. The number of aromatic nitrogens is 3. The van der Waals surface area contributed by atoms with Crippen LogP contribution in [0.1, 0.15) is 25.0 Å². The number of aryl methyl sites for hydroxylation is 1. The Morgan fingerprint density at radius 2 is 1.84 bits per heavy atom. The Kier molecular flexibility index (Phi) is 5.99. The second-order valence-corrected chi connectivity index (χ2v) is 7.76. The second kappa shape index (κ2) is 9.01. The van der Waals surface area contributed by atoms with Crippen LogP contribution in [0, 0.1) is 6.92 Å². The zero-order valence-corrected chi connectivity index (χ0v) is 17.8. The molecule has 0 aliphatic carbocycles. The molecule has 0 aliphatic rings. The number of nitrogens with zero attached hydrogens (tertiary/aromatic N) is 2. The number of anilines is 4. The fourth-order valence-corrected chi connectivity index (χ4v) is 3.18. The first-order valence-corrected chi connectivity index (χ1v) is 10.3. The van der Waals surface area contributed by atoms with Gasteiger partial charge >= 0.3 is 5.76 Å². The molecule has 0 radical (unpaired) electrons. The Balaban J connectivity index is 1.45. The number of nitrogens with one attached hydrogen (secondary N) is 4. The summed E-state index contributed by atoms with van der Waals surface area (Å²) in [6.07, 6.45) is 2.75. The van der Waals surface area contributed by atoms with Crippen molar-refractivity contribution in [3.8, 4) is 0 Å². The predicted molar refractivity (Wildman–Crippen MR) is 123 cm³/mol. The zero-order valence-electron chi connectivity index (χ0n) is 17.8. The molecule has 0 amide bonds. The molecule has 4 rings (SSSR count). The molecule has 2 aromatic heterocycles. The average molecular weight is 419 g/mol. The van der Waals surface area contributed by atoms with Gasteiger partial charge in [-0.3, -0.25) is 4.98 Å². The molecule has 0 saturated heterocycles. The summed E-state index contributed by atoms with van der Waals surface area (Å²) in [6.45, 7) is 7.19. The van der Waals surface area contributed by atoms with Crippen LogP contribution in [-0.4, -0.2) is 27.5 Å². The molecule has 8 heteroatoms. The highest BCUT2D eigenvalue weighted by atomic mass is 16.4. The van der Waals surface area contributed by atoms with Gasteiger partial charge in [-0.15, -0.1) is 0 Å². The fourth-order valence-electron chi connectivity index (χ4n) is 3.18. The minimum atomic E-state index is -0.473. The van der Waals surface area contributed by atoms with Crippen LogP contribution in [0.4, 0.5) is 23.1 Å². The van der Waals surface area contributed by atoms with Gasteiger partial charge < -0.3 is 20.4 Å². The fraction of sp³-hybridized carbons (Fsp3) is 0.261. The summed E-state index contributed by atoms with van der Waals surface area (Å²) >= 11 is 0. The number of oxazole rings is 1. The molecular formula is C23H26N6O2. The van der Waals surface area contributed by atoms with E-state index in [0.29, 0.717) is 28.9 Å². The van der Waals surface area contributed by atoms with Crippen molar-refractivity contribution in [2.24, 2.45) is 0 Å². The Morgan fingerprint density at radius 1 is 1.06 bits per heavy atom. The molecule has 8 nitrogen and oxygen atoms in total. The molecule has 0 spiro atoms. The van der Waals surface area contributed by atoms with E-state index >= 15 is 0 Å². The Bertz CT molecular complexity index is 1230. The molecule has 160 valence electrons. The molecule has 0 saturated carbocycles. The molecule has 2 aromatic carbocycles. The van der Waals surface area contributed by atoms with E-state index in [1.807, 2.05) is 31.2 Å². The number of hydrogen-bond acceptors (Lipinski definition) is 7. The lowest BCUT2D eigenvalue weighted by Gasteiger charge is -2.12. The van der Waals surface area contributed by atoms with Gasteiger partial charge in [-0.05, 0) is 55.8 Å². The molecule has 4 N–H and O–H groups in total. The van der Waals surface area contributed by atoms with Crippen LogP contribution in [-0.2, 0) is 6.42 Å². The molecular weight excluding hydrogens is 392 g/mol. The third-order valence-electron chi connectivity index (χ3n) is 4.83. The third-order valence-corrected chi connectivity index (χ3v) is 4.83. The largest absolute Gasteiger partial charge is 0.417 e. The van der Waals surface area contributed by atoms with Crippen LogP contribution in [0.3, 0.4) is 0 Å². The minimum absolute atomic E-state index is 0.473. The topological polar surface area (TPSA) is 108 Å². The maximum Gasteiger partial charge on any atom is 0.417 e. The van der Waals surface area contributed by atoms with Gasteiger partial charge in [0.25, 0.3) is 0 Å². The van der Waals surface area contributed by atoms with Gasteiger partial charge in [0.05, 0.1) is 5.52 Å². The molecule has 31 heavy (non-hydrogen) atoms. The van der Waals surface area contributed by atoms with Gasteiger partial charge in [0, 0.05) is 29.2 Å². The first kappa shape index (κ1) is 20.6. The van der Waals surface area contributed by atoms with Crippen molar-refractivity contribution in [2.45, 2.75) is 33.2 Å². The number of rotatable bonds is 8. The van der Waals surface area contributed by atoms with Gasteiger partial charge in [-0.1, -0.05) is 26.0 Å².